The van der Waals surface area contributed by atoms with Gasteiger partial charge in [0.05, 0.1) is 18.3 Å². The molecule has 2 atom stereocenters. The zero-order chi connectivity index (χ0) is 25.1. The molecule has 0 spiro atoms. The van der Waals surface area contributed by atoms with E-state index < -0.39 is 24.1 Å². The van der Waals surface area contributed by atoms with Crippen molar-refractivity contribution in [2.75, 3.05) is 17.2 Å². The Kier molecular flexibility index (Phi) is 6.97. The molecular formula is C26H26N4O5S. The van der Waals surface area contributed by atoms with Crippen molar-refractivity contribution in [3.63, 3.8) is 0 Å². The Labute approximate surface area is 212 Å². The van der Waals surface area contributed by atoms with Gasteiger partial charge in [-0.15, -0.1) is 11.3 Å². The quantitative estimate of drug-likeness (QED) is 0.447. The summed E-state index contributed by atoms with van der Waals surface area (Å²) < 4.78 is 5.36. The highest BCUT2D eigenvalue weighted by Gasteiger charge is 2.40. The fourth-order valence-corrected chi connectivity index (χ4v) is 4.76. The number of ether oxygens (including phenoxy) is 1. The number of nitrogens with zero attached hydrogens (tertiary/aromatic N) is 2. The number of hydrogen-bond acceptors (Lipinski definition) is 7. The maximum absolute atomic E-state index is 13.0. The number of aliphatic hydroxyl groups excluding tert-OH is 1. The number of anilines is 2. The highest BCUT2D eigenvalue weighted by Crippen LogP contribution is 2.31. The van der Waals surface area contributed by atoms with E-state index in [0.29, 0.717) is 10.8 Å². The number of nitrogens with one attached hydrogen (secondary N) is 2. The van der Waals surface area contributed by atoms with Crippen LogP contribution in [0.2, 0.25) is 0 Å². The number of amides is 3. The summed E-state index contributed by atoms with van der Waals surface area (Å²) in [6, 6.07) is 15.8. The van der Waals surface area contributed by atoms with Crippen LogP contribution >= 0.6 is 11.3 Å². The molecule has 3 aromatic rings. The van der Waals surface area contributed by atoms with E-state index in [1.165, 1.54) is 16.2 Å². The maximum Gasteiger partial charge on any atom is 0.410 e. The molecule has 1 aliphatic heterocycles. The minimum atomic E-state index is -0.856. The molecule has 2 fully saturated rings. The molecule has 10 heteroatoms. The van der Waals surface area contributed by atoms with Gasteiger partial charge in [-0.1, -0.05) is 42.5 Å². The number of β-amino-alcohol motifs (C(OH)–C–C–N with tert-alkyl or cyclic N) is 1. The molecule has 186 valence electrons. The van der Waals surface area contributed by atoms with Crippen molar-refractivity contribution < 1.29 is 24.2 Å². The van der Waals surface area contributed by atoms with Gasteiger partial charge in [-0.3, -0.25) is 14.5 Å². The lowest BCUT2D eigenvalue weighted by Crippen LogP contribution is -2.43. The van der Waals surface area contributed by atoms with Crippen LogP contribution in [0.5, 0.6) is 0 Å². The number of aliphatic hydroxyl groups is 1. The molecule has 0 unspecified atom stereocenters. The van der Waals surface area contributed by atoms with Crippen LogP contribution in [0.4, 0.5) is 15.6 Å². The van der Waals surface area contributed by atoms with E-state index in [1.807, 2.05) is 60.0 Å². The molecule has 3 amide bonds. The monoisotopic (exact) mass is 506 g/mol. The van der Waals surface area contributed by atoms with E-state index in [-0.39, 0.29) is 31.4 Å². The second-order valence-electron chi connectivity index (χ2n) is 8.97. The summed E-state index contributed by atoms with van der Waals surface area (Å²) in [5.41, 5.74) is 3.10. The molecule has 2 aromatic carbocycles. The Morgan fingerprint density at radius 1 is 1.03 bits per heavy atom. The van der Waals surface area contributed by atoms with Crippen LogP contribution in [-0.4, -0.2) is 51.6 Å². The van der Waals surface area contributed by atoms with Crippen LogP contribution in [0.1, 0.15) is 24.8 Å². The number of aromatic nitrogens is 1. The predicted octanol–water partition coefficient (Wildman–Crippen LogP) is 3.87. The first kappa shape index (κ1) is 24.0. The van der Waals surface area contributed by atoms with Gasteiger partial charge in [0, 0.05) is 29.0 Å². The maximum atomic E-state index is 13.0. The fraction of sp³-hybridized carbons (Fsp3) is 0.308. The lowest BCUT2D eigenvalue weighted by atomic mass is 10.1. The van der Waals surface area contributed by atoms with Gasteiger partial charge in [0.2, 0.25) is 11.8 Å². The van der Waals surface area contributed by atoms with Crippen LogP contribution < -0.4 is 10.6 Å². The Morgan fingerprint density at radius 2 is 1.78 bits per heavy atom. The number of hydrogen-bond donors (Lipinski definition) is 3. The number of benzene rings is 2. The van der Waals surface area contributed by atoms with Crippen molar-refractivity contribution in [3.05, 3.63) is 65.5 Å². The Balaban J connectivity index is 1.18. The molecule has 1 aromatic heterocycles. The van der Waals surface area contributed by atoms with Gasteiger partial charge in [0.1, 0.15) is 12.6 Å². The van der Waals surface area contributed by atoms with Crippen LogP contribution in [0.15, 0.2) is 60.0 Å². The van der Waals surface area contributed by atoms with Gasteiger partial charge < -0.3 is 20.5 Å². The summed E-state index contributed by atoms with van der Waals surface area (Å²) in [6.45, 7) is 0.109. The topological polar surface area (TPSA) is 121 Å². The van der Waals surface area contributed by atoms with Crippen LogP contribution in [0.3, 0.4) is 0 Å². The number of carbonyl (C=O) groups is 3. The fourth-order valence-electron chi connectivity index (χ4n) is 4.03. The first-order chi connectivity index (χ1) is 17.5. The summed E-state index contributed by atoms with van der Waals surface area (Å²) in [5, 5.41) is 18.0. The molecule has 3 N–H and O–H groups in total. The van der Waals surface area contributed by atoms with Crippen LogP contribution in [0, 0.1) is 5.92 Å². The van der Waals surface area contributed by atoms with Gasteiger partial charge >= 0.3 is 6.09 Å². The normalized spacial score (nSPS) is 19.1. The Hall–Kier alpha value is -3.76. The smallest absolute Gasteiger partial charge is 0.410 e. The first-order valence-corrected chi connectivity index (χ1v) is 12.7. The Bertz CT molecular complexity index is 1240. The largest absolute Gasteiger partial charge is 0.445 e. The molecule has 0 bridgehead atoms. The van der Waals surface area contributed by atoms with Gasteiger partial charge in [-0.25, -0.2) is 9.78 Å². The SMILES string of the molecule is O=C(Nc1ccc(-c2csc(NC(=O)[C@@H]3C[C@@H](O)CN3C(=O)OCc3ccccc3)n2)cc1)C1CC1. The summed E-state index contributed by atoms with van der Waals surface area (Å²) in [4.78, 5) is 43.3. The van der Waals surface area contributed by atoms with E-state index >= 15 is 0 Å². The summed E-state index contributed by atoms with van der Waals surface area (Å²) in [6.07, 6.45) is 0.561. The third-order valence-corrected chi connectivity index (χ3v) is 6.91. The van der Waals surface area contributed by atoms with Crippen LogP contribution in [0.25, 0.3) is 11.3 Å². The molecule has 2 aliphatic rings. The highest BCUT2D eigenvalue weighted by molar-refractivity contribution is 7.14. The van der Waals surface area contributed by atoms with E-state index in [0.717, 1.165) is 29.7 Å². The molecule has 5 rings (SSSR count). The third-order valence-electron chi connectivity index (χ3n) is 6.15. The van der Waals surface area contributed by atoms with E-state index in [1.54, 1.807) is 0 Å². The molecule has 1 aliphatic carbocycles. The van der Waals surface area contributed by atoms with Crippen molar-refractivity contribution in [2.45, 2.75) is 38.0 Å². The minimum absolute atomic E-state index is 0.0263. The first-order valence-electron chi connectivity index (χ1n) is 11.8. The zero-order valence-electron chi connectivity index (χ0n) is 19.4. The van der Waals surface area contributed by atoms with E-state index in [4.69, 9.17) is 4.74 Å². The van der Waals surface area contributed by atoms with Gasteiger partial charge in [0.15, 0.2) is 5.13 Å². The standard InChI is InChI=1S/C26H26N4O5S/c31-20-12-22(30(13-20)26(34)35-14-16-4-2-1-3-5-16)24(33)29-25-28-21(15-36-25)17-8-10-19(11-9-17)27-23(32)18-6-7-18/h1-5,8-11,15,18,20,22,31H,6-7,12-14H2,(H,27,32)(H,28,29,33)/t20-,22+/m1/s1. The molecule has 1 saturated heterocycles. The van der Waals surface area contributed by atoms with Gasteiger partial charge in [-0.2, -0.15) is 0 Å². The average molecular weight is 507 g/mol. The average Bonchev–Trinajstić information content (AvgIpc) is 3.52. The second-order valence-corrected chi connectivity index (χ2v) is 9.82. The summed E-state index contributed by atoms with van der Waals surface area (Å²) in [5.74, 6) is -0.240. The van der Waals surface area contributed by atoms with Gasteiger partial charge in [0.25, 0.3) is 0 Å². The van der Waals surface area contributed by atoms with Crippen LogP contribution in [-0.2, 0) is 20.9 Å². The van der Waals surface area contributed by atoms with Gasteiger partial charge in [-0.05, 0) is 30.5 Å². The van der Waals surface area contributed by atoms with Crippen molar-refractivity contribution >= 4 is 40.1 Å². The van der Waals surface area contributed by atoms with E-state index in [2.05, 4.69) is 15.6 Å². The zero-order valence-corrected chi connectivity index (χ0v) is 20.2. The molecule has 9 nitrogen and oxygen atoms in total. The number of rotatable bonds is 7. The molecule has 1 saturated carbocycles. The van der Waals surface area contributed by atoms with Crippen molar-refractivity contribution in [1.29, 1.82) is 0 Å². The molecule has 36 heavy (non-hydrogen) atoms. The Morgan fingerprint density at radius 3 is 2.50 bits per heavy atom. The summed E-state index contributed by atoms with van der Waals surface area (Å²) >= 11 is 1.27. The van der Waals surface area contributed by atoms with Crippen molar-refractivity contribution in [2.24, 2.45) is 5.92 Å². The van der Waals surface area contributed by atoms with Crippen molar-refractivity contribution in [1.82, 2.24) is 9.88 Å². The third kappa shape index (κ3) is 5.72. The van der Waals surface area contributed by atoms with Crippen molar-refractivity contribution in [3.8, 4) is 11.3 Å². The molecular weight excluding hydrogens is 480 g/mol. The minimum Gasteiger partial charge on any atom is -0.445 e. The lowest BCUT2D eigenvalue weighted by molar-refractivity contribution is -0.120. The van der Waals surface area contributed by atoms with E-state index in [9.17, 15) is 19.5 Å². The summed E-state index contributed by atoms with van der Waals surface area (Å²) in [7, 11) is 0. The second kappa shape index (κ2) is 10.5. The molecule has 0 radical (unpaired) electrons. The number of thiazole rings is 1. The lowest BCUT2D eigenvalue weighted by Gasteiger charge is -2.22. The number of carbonyl (C=O) groups excluding carboxylic acids is 3. The number of likely N-dealkylation sites (tertiary alicyclic amines) is 1. The molecule has 2 heterocycles. The predicted molar refractivity (Wildman–Crippen MR) is 135 cm³/mol. The highest BCUT2D eigenvalue weighted by atomic mass is 32.1.